The minimum atomic E-state index is -4.94. The average molecular weight is 1210 g/mol. The van der Waals surface area contributed by atoms with Gasteiger partial charge < -0.3 is 33.8 Å². The Morgan fingerprint density at radius 3 is 0.829 bits per heavy atom. The van der Waals surface area contributed by atoms with Crippen LogP contribution < -0.4 is 0 Å². The molecule has 0 fully saturated rings. The van der Waals surface area contributed by atoms with E-state index >= 15 is 0 Å². The molecular weight excluding hydrogens is 1090 g/mol. The van der Waals surface area contributed by atoms with Crippen LogP contribution in [0.5, 0.6) is 0 Å². The number of esters is 4. The lowest BCUT2D eigenvalue weighted by Crippen LogP contribution is -2.30. The van der Waals surface area contributed by atoms with Crippen LogP contribution >= 0.6 is 15.6 Å². The van der Waals surface area contributed by atoms with Gasteiger partial charge in [0.15, 0.2) is 12.2 Å². The minimum absolute atomic E-state index is 0.105. The lowest BCUT2D eigenvalue weighted by atomic mass is 10.0. The summed E-state index contributed by atoms with van der Waals surface area (Å²) < 4.78 is 67.8. The quantitative estimate of drug-likeness (QED) is 0.0222. The highest BCUT2D eigenvalue weighted by molar-refractivity contribution is 7.47. The highest BCUT2D eigenvalue weighted by Crippen LogP contribution is 2.45. The van der Waals surface area contributed by atoms with Gasteiger partial charge >= 0.3 is 39.5 Å². The van der Waals surface area contributed by atoms with Crippen LogP contribution in [0.4, 0.5) is 0 Å². The molecule has 486 valence electrons. The molecule has 5 atom stereocenters. The molecule has 0 aliphatic carbocycles. The van der Waals surface area contributed by atoms with Crippen molar-refractivity contribution in [3.8, 4) is 0 Å². The number of phosphoric acid groups is 2. The summed E-state index contributed by atoms with van der Waals surface area (Å²) in [6, 6.07) is 0. The van der Waals surface area contributed by atoms with Crippen molar-refractivity contribution in [1.82, 2.24) is 0 Å². The van der Waals surface area contributed by atoms with Crippen molar-refractivity contribution in [2.75, 3.05) is 39.6 Å². The molecule has 0 aromatic heterocycles. The van der Waals surface area contributed by atoms with Gasteiger partial charge in [-0.1, -0.05) is 266 Å². The zero-order valence-corrected chi connectivity index (χ0v) is 54.4. The molecule has 17 nitrogen and oxygen atoms in total. The Morgan fingerprint density at radius 2 is 0.561 bits per heavy atom. The Balaban J connectivity index is 5.20. The maximum absolute atomic E-state index is 13.0. The number of ether oxygens (including phenoxy) is 4. The standard InChI is InChI=1S/C63H122O17P2/c1-6-9-12-15-18-21-22-23-24-25-26-27-34-39-44-49-63(68)80-59(53-74-61(66)47-42-37-33-29-28-30-35-40-45-56(4)5)55-78-82(71,72)76-51-57(64)50-75-81(69,70)77-54-58(79-62(67)48-43-38-32-20-17-14-11-8-3)52-73-60(65)46-41-36-31-19-16-13-10-7-2/h56-59,64H,6-55H2,1-5H3,(H,69,70)(H,71,72)/t57-,58+,59+/m0/s1. The highest BCUT2D eigenvalue weighted by Gasteiger charge is 2.30. The molecule has 0 heterocycles. The molecule has 0 aromatic carbocycles. The van der Waals surface area contributed by atoms with E-state index in [-0.39, 0.29) is 25.7 Å². The van der Waals surface area contributed by atoms with Crippen molar-refractivity contribution in [1.29, 1.82) is 0 Å². The zero-order valence-electron chi connectivity index (χ0n) is 52.6. The van der Waals surface area contributed by atoms with Crippen LogP contribution in [0, 0.1) is 5.92 Å². The van der Waals surface area contributed by atoms with Gasteiger partial charge in [0.05, 0.1) is 26.4 Å². The van der Waals surface area contributed by atoms with E-state index in [1.165, 1.54) is 128 Å². The second kappa shape index (κ2) is 56.8. The van der Waals surface area contributed by atoms with Crippen molar-refractivity contribution < 1.29 is 80.2 Å². The molecule has 2 unspecified atom stereocenters. The summed E-state index contributed by atoms with van der Waals surface area (Å²) in [4.78, 5) is 72.0. The number of unbranched alkanes of at least 4 members (excludes halogenated alkanes) is 35. The third-order valence-corrected chi connectivity index (χ3v) is 16.4. The second-order valence-corrected chi connectivity index (χ2v) is 26.2. The van der Waals surface area contributed by atoms with E-state index in [1.807, 2.05) is 0 Å². The number of carbonyl (C=O) groups excluding carboxylic acids is 4. The van der Waals surface area contributed by atoms with Crippen LogP contribution in [0.3, 0.4) is 0 Å². The molecular formula is C63H122O17P2. The van der Waals surface area contributed by atoms with Crippen molar-refractivity contribution in [2.45, 2.75) is 335 Å². The first-order chi connectivity index (χ1) is 39.5. The topological polar surface area (TPSA) is 237 Å². The van der Waals surface area contributed by atoms with Gasteiger partial charge in [-0.25, -0.2) is 9.13 Å². The maximum atomic E-state index is 13.0. The van der Waals surface area contributed by atoms with Gasteiger partial charge in [-0.15, -0.1) is 0 Å². The molecule has 0 rings (SSSR count). The van der Waals surface area contributed by atoms with Gasteiger partial charge in [0.2, 0.25) is 0 Å². The summed E-state index contributed by atoms with van der Waals surface area (Å²) in [5.41, 5.74) is 0. The Morgan fingerprint density at radius 1 is 0.329 bits per heavy atom. The zero-order chi connectivity index (χ0) is 60.6. The summed E-state index contributed by atoms with van der Waals surface area (Å²) in [5.74, 6) is -1.41. The number of hydrogen-bond donors (Lipinski definition) is 3. The molecule has 0 saturated heterocycles. The summed E-state index contributed by atoms with van der Waals surface area (Å²) in [7, 11) is -9.88. The van der Waals surface area contributed by atoms with Gasteiger partial charge in [0.1, 0.15) is 19.3 Å². The summed E-state index contributed by atoms with van der Waals surface area (Å²) in [6.45, 7) is 7.10. The number of rotatable bonds is 63. The summed E-state index contributed by atoms with van der Waals surface area (Å²) >= 11 is 0. The molecule has 0 aromatic rings. The van der Waals surface area contributed by atoms with Crippen LogP contribution in [0.2, 0.25) is 0 Å². The predicted molar refractivity (Wildman–Crippen MR) is 326 cm³/mol. The van der Waals surface area contributed by atoms with E-state index in [4.69, 9.17) is 37.0 Å². The van der Waals surface area contributed by atoms with Crippen LogP contribution in [0.25, 0.3) is 0 Å². The molecule has 0 bridgehead atoms. The molecule has 82 heavy (non-hydrogen) atoms. The number of carbonyl (C=O) groups is 4. The van der Waals surface area contributed by atoms with Crippen molar-refractivity contribution in [3.05, 3.63) is 0 Å². The predicted octanol–water partition coefficient (Wildman–Crippen LogP) is 17.4. The fraction of sp³-hybridized carbons (Fsp3) is 0.937. The van der Waals surface area contributed by atoms with E-state index in [0.29, 0.717) is 25.7 Å². The lowest BCUT2D eigenvalue weighted by Gasteiger charge is -2.21. The SMILES string of the molecule is CCCCCCCCCCCCCCCCCC(=O)O[C@H](COC(=O)CCCCCCCCCCC(C)C)COP(=O)(O)OC[C@@H](O)COP(=O)(O)OC[C@@H](COC(=O)CCCCCCCCCC)OC(=O)CCCCCCCCCC. The monoisotopic (exact) mass is 1210 g/mol. The Kier molecular flexibility index (Phi) is 55.5. The maximum Gasteiger partial charge on any atom is 0.472 e. The van der Waals surface area contributed by atoms with E-state index in [2.05, 4.69) is 34.6 Å². The third-order valence-electron chi connectivity index (χ3n) is 14.5. The van der Waals surface area contributed by atoms with E-state index < -0.39 is 97.5 Å². The van der Waals surface area contributed by atoms with Crippen molar-refractivity contribution in [3.63, 3.8) is 0 Å². The molecule has 0 aliphatic rings. The second-order valence-electron chi connectivity index (χ2n) is 23.3. The number of hydrogen-bond acceptors (Lipinski definition) is 15. The molecule has 19 heteroatoms. The minimum Gasteiger partial charge on any atom is -0.462 e. The van der Waals surface area contributed by atoms with Gasteiger partial charge in [0.25, 0.3) is 0 Å². The van der Waals surface area contributed by atoms with Crippen molar-refractivity contribution >= 4 is 39.5 Å². The van der Waals surface area contributed by atoms with Crippen LogP contribution in [0.15, 0.2) is 0 Å². The third kappa shape index (κ3) is 57.2. The Labute approximate surface area is 498 Å². The normalized spacial score (nSPS) is 14.3. The Bertz CT molecular complexity index is 1600. The Hall–Kier alpha value is -1.94. The van der Waals surface area contributed by atoms with Crippen molar-refractivity contribution in [2.24, 2.45) is 5.92 Å². The molecule has 0 spiro atoms. The van der Waals surface area contributed by atoms with Gasteiger partial charge in [-0.3, -0.25) is 37.3 Å². The first-order valence-corrected chi connectivity index (χ1v) is 36.1. The first-order valence-electron chi connectivity index (χ1n) is 33.1. The van der Waals surface area contributed by atoms with Crippen LogP contribution in [0.1, 0.15) is 317 Å². The summed E-state index contributed by atoms with van der Waals surface area (Å²) in [5, 5.41) is 10.5. The molecule has 3 N–H and O–H groups in total. The van der Waals surface area contributed by atoms with Gasteiger partial charge in [-0.2, -0.15) is 0 Å². The van der Waals surface area contributed by atoms with E-state index in [1.54, 1.807) is 0 Å². The fourth-order valence-corrected chi connectivity index (χ4v) is 11.0. The first kappa shape index (κ1) is 80.1. The number of phosphoric ester groups is 2. The summed E-state index contributed by atoms with van der Waals surface area (Å²) in [6.07, 6.45) is 40.4. The van der Waals surface area contributed by atoms with Crippen LogP contribution in [-0.2, 0) is 65.4 Å². The van der Waals surface area contributed by atoms with Gasteiger partial charge in [-0.05, 0) is 31.6 Å². The molecule has 0 aliphatic heterocycles. The number of aliphatic hydroxyl groups excluding tert-OH is 1. The molecule has 0 amide bonds. The highest BCUT2D eigenvalue weighted by atomic mass is 31.2. The average Bonchev–Trinajstić information content (AvgIpc) is 3.45. The lowest BCUT2D eigenvalue weighted by molar-refractivity contribution is -0.161. The molecule has 0 saturated carbocycles. The fourth-order valence-electron chi connectivity index (χ4n) is 9.41. The van der Waals surface area contributed by atoms with E-state index in [0.717, 1.165) is 109 Å². The van der Waals surface area contributed by atoms with Crippen LogP contribution in [-0.4, -0.2) is 96.7 Å². The number of aliphatic hydroxyl groups is 1. The largest absolute Gasteiger partial charge is 0.472 e. The smallest absolute Gasteiger partial charge is 0.462 e. The molecule has 0 radical (unpaired) electrons. The van der Waals surface area contributed by atoms with E-state index in [9.17, 15) is 43.2 Å². The van der Waals surface area contributed by atoms with Gasteiger partial charge in [0, 0.05) is 25.7 Å².